The zero-order valence-corrected chi connectivity index (χ0v) is 12.1. The lowest BCUT2D eigenvalue weighted by atomic mass is 10.00. The monoisotopic (exact) mass is 264 g/mol. The average molecular weight is 264 g/mol. The van der Waals surface area contributed by atoms with Crippen LogP contribution in [0.15, 0.2) is 0 Å². The third kappa shape index (κ3) is 3.35. The van der Waals surface area contributed by atoms with Crippen LogP contribution >= 0.6 is 0 Å². The first kappa shape index (κ1) is 14.1. The maximum absolute atomic E-state index is 12.2. The van der Waals surface area contributed by atoms with Crippen LogP contribution in [0, 0.1) is 13.8 Å². The fourth-order valence-electron chi connectivity index (χ4n) is 2.83. The molecule has 0 aliphatic carbocycles. The Morgan fingerprint density at radius 1 is 1.47 bits per heavy atom. The van der Waals surface area contributed by atoms with Crippen LogP contribution in [-0.4, -0.2) is 40.1 Å². The topological polar surface area (TPSA) is 61.0 Å². The van der Waals surface area contributed by atoms with Crippen LogP contribution in [0.3, 0.4) is 0 Å². The Hall–Kier alpha value is -1.36. The third-order valence-electron chi connectivity index (χ3n) is 3.96. The number of hydrogen-bond donors (Lipinski definition) is 2. The molecule has 1 aromatic heterocycles. The number of piperidine rings is 1. The van der Waals surface area contributed by atoms with E-state index in [1.807, 2.05) is 13.8 Å². The maximum atomic E-state index is 12.2. The van der Waals surface area contributed by atoms with Gasteiger partial charge in [-0.1, -0.05) is 13.3 Å². The molecule has 1 saturated heterocycles. The van der Waals surface area contributed by atoms with Crippen molar-refractivity contribution in [1.82, 2.24) is 15.1 Å². The Balaban J connectivity index is 1.93. The summed E-state index contributed by atoms with van der Waals surface area (Å²) in [5.41, 5.74) is 2.59. The number of likely N-dealkylation sites (tertiary alicyclic amines) is 1. The van der Waals surface area contributed by atoms with Gasteiger partial charge in [0.15, 0.2) is 0 Å². The number of aromatic nitrogens is 2. The smallest absolute Gasteiger partial charge is 0.238 e. The SMILES string of the molecule is CC[C@H]1CCCCN1CC(=O)Nc1c(C)n[nH]c1C. The number of aromatic amines is 1. The fourth-order valence-corrected chi connectivity index (χ4v) is 2.83. The van der Waals surface area contributed by atoms with E-state index in [1.165, 1.54) is 19.3 Å². The number of hydrogen-bond acceptors (Lipinski definition) is 3. The first-order valence-electron chi connectivity index (χ1n) is 7.17. The Kier molecular flexibility index (Phi) is 4.58. The molecule has 0 aromatic carbocycles. The van der Waals surface area contributed by atoms with Gasteiger partial charge in [-0.05, 0) is 39.7 Å². The third-order valence-corrected chi connectivity index (χ3v) is 3.96. The van der Waals surface area contributed by atoms with Gasteiger partial charge >= 0.3 is 0 Å². The summed E-state index contributed by atoms with van der Waals surface area (Å²) in [5.74, 6) is 0.0629. The van der Waals surface area contributed by atoms with Gasteiger partial charge in [0.2, 0.25) is 5.91 Å². The summed E-state index contributed by atoms with van der Waals surface area (Å²) in [6.45, 7) is 7.54. The molecular weight excluding hydrogens is 240 g/mol. The van der Waals surface area contributed by atoms with Crippen molar-refractivity contribution in [2.24, 2.45) is 0 Å². The molecule has 1 amide bonds. The van der Waals surface area contributed by atoms with Crippen molar-refractivity contribution < 1.29 is 4.79 Å². The first-order chi connectivity index (χ1) is 9.11. The number of anilines is 1. The van der Waals surface area contributed by atoms with Crippen molar-refractivity contribution >= 4 is 11.6 Å². The van der Waals surface area contributed by atoms with Gasteiger partial charge in [0.25, 0.3) is 0 Å². The quantitative estimate of drug-likeness (QED) is 0.876. The number of amides is 1. The van der Waals surface area contributed by atoms with Crippen molar-refractivity contribution in [2.75, 3.05) is 18.4 Å². The second-order valence-electron chi connectivity index (χ2n) is 5.39. The molecule has 106 valence electrons. The normalized spacial score (nSPS) is 20.5. The molecule has 0 unspecified atom stereocenters. The summed E-state index contributed by atoms with van der Waals surface area (Å²) in [6, 6.07) is 0.561. The van der Waals surface area contributed by atoms with E-state index >= 15 is 0 Å². The van der Waals surface area contributed by atoms with Gasteiger partial charge in [0, 0.05) is 6.04 Å². The Bertz CT molecular complexity index is 421. The lowest BCUT2D eigenvalue weighted by Crippen LogP contribution is -2.43. The summed E-state index contributed by atoms with van der Waals surface area (Å²) in [7, 11) is 0. The molecule has 1 aromatic rings. The molecule has 1 aliphatic heterocycles. The molecule has 5 nitrogen and oxygen atoms in total. The van der Waals surface area contributed by atoms with Gasteiger partial charge in [-0.2, -0.15) is 5.10 Å². The largest absolute Gasteiger partial charge is 0.322 e. The molecule has 0 bridgehead atoms. The number of aryl methyl sites for hydroxylation is 2. The van der Waals surface area contributed by atoms with Crippen molar-refractivity contribution in [1.29, 1.82) is 0 Å². The second kappa shape index (κ2) is 6.19. The summed E-state index contributed by atoms with van der Waals surface area (Å²) in [5, 5.41) is 9.96. The van der Waals surface area contributed by atoms with Gasteiger partial charge < -0.3 is 5.32 Å². The standard InChI is InChI=1S/C14H24N4O/c1-4-12-7-5-6-8-18(12)9-13(19)15-14-10(2)16-17-11(14)3/h12H,4-9H2,1-3H3,(H,15,19)(H,16,17)/t12-/m0/s1. The summed E-state index contributed by atoms with van der Waals surface area (Å²) in [4.78, 5) is 14.5. The molecule has 1 atom stereocenters. The minimum Gasteiger partial charge on any atom is -0.322 e. The zero-order chi connectivity index (χ0) is 13.8. The minimum atomic E-state index is 0.0629. The van der Waals surface area contributed by atoms with Crippen LogP contribution in [0.25, 0.3) is 0 Å². The number of nitrogens with zero attached hydrogens (tertiary/aromatic N) is 2. The van der Waals surface area contributed by atoms with E-state index in [-0.39, 0.29) is 5.91 Å². The summed E-state index contributed by atoms with van der Waals surface area (Å²) < 4.78 is 0. The molecule has 0 saturated carbocycles. The van der Waals surface area contributed by atoms with E-state index < -0.39 is 0 Å². The lowest BCUT2D eigenvalue weighted by molar-refractivity contribution is -0.118. The predicted octanol–water partition coefficient (Wildman–Crippen LogP) is 2.23. The van der Waals surface area contributed by atoms with E-state index in [1.54, 1.807) is 0 Å². The highest BCUT2D eigenvalue weighted by atomic mass is 16.2. The predicted molar refractivity (Wildman–Crippen MR) is 76.2 cm³/mol. The Morgan fingerprint density at radius 3 is 2.89 bits per heavy atom. The first-order valence-corrected chi connectivity index (χ1v) is 7.17. The number of H-pyrrole nitrogens is 1. The molecule has 5 heteroatoms. The lowest BCUT2D eigenvalue weighted by Gasteiger charge is -2.34. The average Bonchev–Trinajstić information content (AvgIpc) is 2.71. The molecule has 2 heterocycles. The molecule has 19 heavy (non-hydrogen) atoms. The van der Waals surface area contributed by atoms with Gasteiger partial charge in [-0.25, -0.2) is 0 Å². The van der Waals surface area contributed by atoms with Gasteiger partial charge in [0.1, 0.15) is 0 Å². The summed E-state index contributed by atoms with van der Waals surface area (Å²) in [6.07, 6.45) is 4.83. The molecule has 0 radical (unpaired) electrons. The number of carbonyl (C=O) groups excluding carboxylic acids is 1. The molecule has 1 aliphatic rings. The highest BCUT2D eigenvalue weighted by Gasteiger charge is 2.23. The number of carbonyl (C=O) groups is 1. The van der Waals surface area contributed by atoms with Crippen LogP contribution in [0.1, 0.15) is 44.0 Å². The van der Waals surface area contributed by atoms with Crippen LogP contribution in [0.2, 0.25) is 0 Å². The van der Waals surface area contributed by atoms with Crippen molar-refractivity contribution in [3.05, 3.63) is 11.4 Å². The van der Waals surface area contributed by atoms with Gasteiger partial charge in [0.05, 0.1) is 23.6 Å². The van der Waals surface area contributed by atoms with E-state index in [4.69, 9.17) is 0 Å². The molecular formula is C14H24N4O. The van der Waals surface area contributed by atoms with Gasteiger partial charge in [-0.3, -0.25) is 14.8 Å². The van der Waals surface area contributed by atoms with Gasteiger partial charge in [-0.15, -0.1) is 0 Å². The highest BCUT2D eigenvalue weighted by Crippen LogP contribution is 2.20. The number of nitrogens with one attached hydrogen (secondary N) is 2. The second-order valence-corrected chi connectivity index (χ2v) is 5.39. The van der Waals surface area contributed by atoms with E-state index in [9.17, 15) is 4.79 Å². The molecule has 0 spiro atoms. The Morgan fingerprint density at radius 2 is 2.26 bits per heavy atom. The zero-order valence-electron chi connectivity index (χ0n) is 12.1. The molecule has 2 N–H and O–H groups in total. The van der Waals surface area contributed by atoms with Crippen LogP contribution in [0.4, 0.5) is 5.69 Å². The molecule has 2 rings (SSSR count). The number of rotatable bonds is 4. The van der Waals surface area contributed by atoms with E-state index in [0.717, 1.165) is 30.0 Å². The van der Waals surface area contributed by atoms with Crippen molar-refractivity contribution in [3.63, 3.8) is 0 Å². The van der Waals surface area contributed by atoms with Crippen molar-refractivity contribution in [2.45, 2.75) is 52.5 Å². The van der Waals surface area contributed by atoms with Crippen LogP contribution < -0.4 is 5.32 Å². The summed E-state index contributed by atoms with van der Waals surface area (Å²) >= 11 is 0. The Labute approximate surface area is 114 Å². The molecule has 1 fully saturated rings. The maximum Gasteiger partial charge on any atom is 0.238 e. The van der Waals surface area contributed by atoms with Crippen LogP contribution in [-0.2, 0) is 4.79 Å². The fraction of sp³-hybridized carbons (Fsp3) is 0.714. The minimum absolute atomic E-state index is 0.0629. The van der Waals surface area contributed by atoms with Crippen molar-refractivity contribution in [3.8, 4) is 0 Å². The van der Waals surface area contributed by atoms with E-state index in [0.29, 0.717) is 12.6 Å². The highest BCUT2D eigenvalue weighted by molar-refractivity contribution is 5.93. The van der Waals surface area contributed by atoms with Crippen LogP contribution in [0.5, 0.6) is 0 Å². The van der Waals surface area contributed by atoms with E-state index in [2.05, 4.69) is 27.3 Å².